The van der Waals surface area contributed by atoms with E-state index in [1.54, 1.807) is 25.3 Å². The molecule has 0 aliphatic carbocycles. The highest BCUT2D eigenvalue weighted by molar-refractivity contribution is 6.32. The minimum absolute atomic E-state index is 0.504. The number of methoxy groups -OCH3 is 1. The number of hydrogen-bond acceptors (Lipinski definition) is 3. The van der Waals surface area contributed by atoms with Crippen molar-refractivity contribution in [1.82, 2.24) is 0 Å². The number of ether oxygens (including phenoxy) is 1. The molecular formula is C11H12ClNO2. The van der Waals surface area contributed by atoms with E-state index in [4.69, 9.17) is 16.3 Å². The van der Waals surface area contributed by atoms with Gasteiger partial charge in [0, 0.05) is 0 Å². The number of halogens is 1. The van der Waals surface area contributed by atoms with Crippen molar-refractivity contribution in [1.29, 1.82) is 0 Å². The Bertz CT molecular complexity index is 409. The van der Waals surface area contributed by atoms with Crippen molar-refractivity contribution in [2.45, 2.75) is 19.4 Å². The fourth-order valence-electron chi connectivity index (χ4n) is 1.23. The van der Waals surface area contributed by atoms with Crippen molar-refractivity contribution in [2.75, 3.05) is 7.11 Å². The van der Waals surface area contributed by atoms with E-state index < -0.39 is 5.54 Å². The summed E-state index contributed by atoms with van der Waals surface area (Å²) in [7, 11) is 1.55. The maximum atomic E-state index is 10.3. The molecule has 0 amide bonds. The van der Waals surface area contributed by atoms with E-state index in [0.717, 1.165) is 5.56 Å². The molecule has 0 aliphatic heterocycles. The molecule has 80 valence electrons. The number of nitrogens with zero attached hydrogens (tertiary/aromatic N) is 1. The van der Waals surface area contributed by atoms with Crippen LogP contribution in [0.15, 0.2) is 23.2 Å². The maximum absolute atomic E-state index is 10.3. The van der Waals surface area contributed by atoms with E-state index >= 15 is 0 Å². The molecule has 0 heterocycles. The molecule has 0 unspecified atom stereocenters. The Hall–Kier alpha value is -1.31. The molecule has 0 fully saturated rings. The summed E-state index contributed by atoms with van der Waals surface area (Å²) in [6, 6.07) is 5.31. The van der Waals surface area contributed by atoms with Crippen LogP contribution < -0.4 is 4.74 Å². The fourth-order valence-corrected chi connectivity index (χ4v) is 1.48. The second-order valence-corrected chi connectivity index (χ2v) is 4.02. The molecule has 1 rings (SSSR count). The van der Waals surface area contributed by atoms with Gasteiger partial charge in [-0.25, -0.2) is 4.79 Å². The molecule has 0 aliphatic rings. The first kappa shape index (κ1) is 11.8. The van der Waals surface area contributed by atoms with Gasteiger partial charge in [-0.1, -0.05) is 17.7 Å². The average molecular weight is 226 g/mol. The zero-order chi connectivity index (χ0) is 11.5. The normalized spacial score (nSPS) is 10.7. The minimum Gasteiger partial charge on any atom is -0.495 e. The Kier molecular flexibility index (Phi) is 3.51. The summed E-state index contributed by atoms with van der Waals surface area (Å²) in [6.07, 6.45) is 1.56. The summed E-state index contributed by atoms with van der Waals surface area (Å²) in [5.41, 5.74) is 0.231. The van der Waals surface area contributed by atoms with Crippen LogP contribution in [-0.4, -0.2) is 13.2 Å². The lowest BCUT2D eigenvalue weighted by molar-refractivity contribution is 0.414. The van der Waals surface area contributed by atoms with Gasteiger partial charge in [0.1, 0.15) is 5.75 Å². The summed E-state index contributed by atoms with van der Waals surface area (Å²) in [5.74, 6) is 0.603. The highest BCUT2D eigenvalue weighted by atomic mass is 35.5. The molecule has 3 nitrogen and oxygen atoms in total. The maximum Gasteiger partial charge on any atom is 0.235 e. The number of benzene rings is 1. The largest absolute Gasteiger partial charge is 0.495 e. The van der Waals surface area contributed by atoms with E-state index in [1.807, 2.05) is 19.9 Å². The van der Waals surface area contributed by atoms with E-state index in [-0.39, 0.29) is 0 Å². The smallest absolute Gasteiger partial charge is 0.235 e. The molecule has 0 atom stereocenters. The van der Waals surface area contributed by atoms with Gasteiger partial charge in [0.15, 0.2) is 0 Å². The number of hydrogen-bond donors (Lipinski definition) is 0. The Morgan fingerprint density at radius 3 is 2.60 bits per heavy atom. The monoisotopic (exact) mass is 225 g/mol. The van der Waals surface area contributed by atoms with Crippen LogP contribution in [0, 0.1) is 0 Å². The van der Waals surface area contributed by atoms with Crippen molar-refractivity contribution >= 4 is 17.7 Å². The van der Waals surface area contributed by atoms with Crippen LogP contribution in [0.4, 0.5) is 0 Å². The lowest BCUT2D eigenvalue weighted by Crippen LogP contribution is -2.13. The quantitative estimate of drug-likeness (QED) is 0.586. The fraction of sp³-hybridized carbons (Fsp3) is 0.364. The van der Waals surface area contributed by atoms with Crippen LogP contribution in [-0.2, 0) is 10.3 Å². The van der Waals surface area contributed by atoms with Gasteiger partial charge in [-0.05, 0) is 31.5 Å². The van der Waals surface area contributed by atoms with E-state index in [2.05, 4.69) is 4.99 Å². The predicted octanol–water partition coefficient (Wildman–Crippen LogP) is 2.92. The highest BCUT2D eigenvalue weighted by Gasteiger charge is 2.20. The van der Waals surface area contributed by atoms with Gasteiger partial charge in [-0.15, -0.1) is 0 Å². The van der Waals surface area contributed by atoms with E-state index in [1.165, 1.54) is 0 Å². The summed E-state index contributed by atoms with van der Waals surface area (Å²) in [4.78, 5) is 14.0. The molecule has 4 heteroatoms. The van der Waals surface area contributed by atoms with Gasteiger partial charge in [0.2, 0.25) is 6.08 Å². The molecule has 15 heavy (non-hydrogen) atoms. The predicted molar refractivity (Wildman–Crippen MR) is 59.2 cm³/mol. The number of isocyanates is 1. The first-order chi connectivity index (χ1) is 7.01. The highest BCUT2D eigenvalue weighted by Crippen LogP contribution is 2.31. The van der Waals surface area contributed by atoms with Crippen molar-refractivity contribution in [3.63, 3.8) is 0 Å². The second-order valence-electron chi connectivity index (χ2n) is 3.61. The Morgan fingerprint density at radius 2 is 2.13 bits per heavy atom. The molecule has 0 N–H and O–H groups in total. The second kappa shape index (κ2) is 4.47. The van der Waals surface area contributed by atoms with Crippen LogP contribution in [0.3, 0.4) is 0 Å². The molecule has 0 spiro atoms. The van der Waals surface area contributed by atoms with Crippen LogP contribution >= 0.6 is 11.6 Å². The van der Waals surface area contributed by atoms with Crippen LogP contribution in [0.25, 0.3) is 0 Å². The van der Waals surface area contributed by atoms with Gasteiger partial charge in [-0.3, -0.25) is 0 Å². The number of rotatable bonds is 3. The van der Waals surface area contributed by atoms with Gasteiger partial charge in [0.25, 0.3) is 0 Å². The lowest BCUT2D eigenvalue weighted by atomic mass is 9.95. The zero-order valence-electron chi connectivity index (χ0n) is 8.87. The molecule has 0 bridgehead atoms. The lowest BCUT2D eigenvalue weighted by Gasteiger charge is -2.18. The SMILES string of the molecule is COc1ccc(C(C)(C)N=C=O)cc1Cl. The van der Waals surface area contributed by atoms with E-state index in [0.29, 0.717) is 10.8 Å². The summed E-state index contributed by atoms with van der Waals surface area (Å²) in [5, 5.41) is 0.504. The Morgan fingerprint density at radius 1 is 1.47 bits per heavy atom. The summed E-state index contributed by atoms with van der Waals surface area (Å²) >= 11 is 5.97. The summed E-state index contributed by atoms with van der Waals surface area (Å²) in [6.45, 7) is 3.63. The van der Waals surface area contributed by atoms with Gasteiger partial charge in [0.05, 0.1) is 17.7 Å². The molecule has 1 aromatic rings. The third-order valence-corrected chi connectivity index (χ3v) is 2.48. The molecule has 0 saturated carbocycles. The molecule has 0 radical (unpaired) electrons. The third kappa shape index (κ3) is 2.58. The Labute approximate surface area is 93.7 Å². The first-order valence-electron chi connectivity index (χ1n) is 4.44. The van der Waals surface area contributed by atoms with Gasteiger partial charge in [-0.2, -0.15) is 4.99 Å². The van der Waals surface area contributed by atoms with Crippen molar-refractivity contribution in [3.8, 4) is 5.75 Å². The summed E-state index contributed by atoms with van der Waals surface area (Å²) < 4.78 is 5.03. The number of aliphatic imine (C=N–C) groups is 1. The van der Waals surface area contributed by atoms with Crippen LogP contribution in [0.5, 0.6) is 5.75 Å². The van der Waals surface area contributed by atoms with Crippen molar-refractivity contribution in [2.24, 2.45) is 4.99 Å². The van der Waals surface area contributed by atoms with Gasteiger partial charge >= 0.3 is 0 Å². The third-order valence-electron chi connectivity index (χ3n) is 2.18. The van der Waals surface area contributed by atoms with Crippen molar-refractivity contribution in [3.05, 3.63) is 28.8 Å². The standard InChI is InChI=1S/C11H12ClNO2/c1-11(2,13-7-14)8-4-5-10(15-3)9(12)6-8/h4-6H,1-3H3. The zero-order valence-corrected chi connectivity index (χ0v) is 9.63. The average Bonchev–Trinajstić information content (AvgIpc) is 2.17. The molecule has 1 aromatic carbocycles. The Balaban J connectivity index is 3.17. The van der Waals surface area contributed by atoms with Crippen LogP contribution in [0.1, 0.15) is 19.4 Å². The molecule has 0 aromatic heterocycles. The van der Waals surface area contributed by atoms with E-state index in [9.17, 15) is 4.79 Å². The molecular weight excluding hydrogens is 214 g/mol. The van der Waals surface area contributed by atoms with Crippen LogP contribution in [0.2, 0.25) is 5.02 Å². The number of carbonyl (C=O) groups excluding carboxylic acids is 1. The minimum atomic E-state index is -0.613. The van der Waals surface area contributed by atoms with Crippen molar-refractivity contribution < 1.29 is 9.53 Å². The first-order valence-corrected chi connectivity index (χ1v) is 4.82. The molecule has 0 saturated heterocycles. The van der Waals surface area contributed by atoms with Gasteiger partial charge < -0.3 is 4.74 Å². The topological polar surface area (TPSA) is 38.7 Å².